The molecular formula is C22H19N3O3. The number of aromatic carboxylic acids is 1. The molecule has 5 N–H and O–H groups in total. The summed E-state index contributed by atoms with van der Waals surface area (Å²) in [6, 6.07) is 18.7. The maximum absolute atomic E-state index is 12.9. The lowest BCUT2D eigenvalue weighted by atomic mass is 9.92. The number of carbonyl (C=O) groups is 2. The number of rotatable bonds is 5. The summed E-state index contributed by atoms with van der Waals surface area (Å²) >= 11 is 0. The van der Waals surface area contributed by atoms with Crippen LogP contribution in [0.15, 0.2) is 66.7 Å². The van der Waals surface area contributed by atoms with Crippen molar-refractivity contribution in [2.45, 2.75) is 6.92 Å². The van der Waals surface area contributed by atoms with Crippen LogP contribution >= 0.6 is 0 Å². The van der Waals surface area contributed by atoms with Crippen molar-refractivity contribution in [3.8, 4) is 11.1 Å². The van der Waals surface area contributed by atoms with Crippen LogP contribution in [0.2, 0.25) is 0 Å². The molecule has 0 atom stereocenters. The van der Waals surface area contributed by atoms with Crippen molar-refractivity contribution in [2.24, 2.45) is 5.73 Å². The molecule has 0 aliphatic carbocycles. The van der Waals surface area contributed by atoms with Gasteiger partial charge in [-0.2, -0.15) is 0 Å². The van der Waals surface area contributed by atoms with Gasteiger partial charge in [-0.1, -0.05) is 36.4 Å². The fourth-order valence-electron chi connectivity index (χ4n) is 3.02. The van der Waals surface area contributed by atoms with Gasteiger partial charge in [-0.15, -0.1) is 0 Å². The van der Waals surface area contributed by atoms with Crippen LogP contribution in [0, 0.1) is 12.3 Å². The smallest absolute Gasteiger partial charge is 0.336 e. The Kier molecular flexibility index (Phi) is 5.22. The van der Waals surface area contributed by atoms with Gasteiger partial charge in [0.2, 0.25) is 0 Å². The number of amidine groups is 1. The number of hydrogen-bond acceptors (Lipinski definition) is 3. The minimum absolute atomic E-state index is 0.0520. The average Bonchev–Trinajstić information content (AvgIpc) is 2.68. The van der Waals surface area contributed by atoms with Gasteiger partial charge in [-0.05, 0) is 53.9 Å². The second-order valence-corrected chi connectivity index (χ2v) is 6.29. The molecule has 0 saturated carbocycles. The monoisotopic (exact) mass is 373 g/mol. The summed E-state index contributed by atoms with van der Waals surface area (Å²) in [5, 5.41) is 19.8. The van der Waals surface area contributed by atoms with Gasteiger partial charge in [0.1, 0.15) is 5.84 Å². The zero-order chi connectivity index (χ0) is 20.3. The van der Waals surface area contributed by atoms with Gasteiger partial charge in [0.15, 0.2) is 0 Å². The van der Waals surface area contributed by atoms with Crippen LogP contribution in [0.1, 0.15) is 31.8 Å². The molecule has 3 rings (SSSR count). The zero-order valence-electron chi connectivity index (χ0n) is 15.2. The first-order chi connectivity index (χ1) is 13.4. The highest BCUT2D eigenvalue weighted by molar-refractivity contribution is 6.10. The fraction of sp³-hybridized carbons (Fsp3) is 0.0455. The quantitative estimate of drug-likeness (QED) is 0.401. The number of benzene rings is 3. The molecule has 0 bridgehead atoms. The summed E-state index contributed by atoms with van der Waals surface area (Å²) in [6.07, 6.45) is 0. The lowest BCUT2D eigenvalue weighted by Crippen LogP contribution is -2.15. The van der Waals surface area contributed by atoms with Crippen molar-refractivity contribution in [2.75, 3.05) is 5.32 Å². The van der Waals surface area contributed by atoms with E-state index in [2.05, 4.69) is 5.32 Å². The molecule has 6 heteroatoms. The molecule has 28 heavy (non-hydrogen) atoms. The summed E-state index contributed by atoms with van der Waals surface area (Å²) in [5.74, 6) is -1.45. The number of carboxylic acids is 1. The predicted octanol–water partition coefficient (Wildman–Crippen LogP) is 3.90. The minimum atomic E-state index is -1.04. The lowest BCUT2D eigenvalue weighted by Gasteiger charge is -2.14. The van der Waals surface area contributed by atoms with Gasteiger partial charge in [-0.3, -0.25) is 10.2 Å². The summed E-state index contributed by atoms with van der Waals surface area (Å²) in [5.41, 5.74) is 8.75. The minimum Gasteiger partial charge on any atom is -0.478 e. The Hall–Kier alpha value is -3.93. The second kappa shape index (κ2) is 7.75. The lowest BCUT2D eigenvalue weighted by molar-refractivity contribution is 0.0696. The first-order valence-electron chi connectivity index (χ1n) is 8.56. The predicted molar refractivity (Wildman–Crippen MR) is 109 cm³/mol. The number of nitrogen functional groups attached to an aromatic ring is 1. The van der Waals surface area contributed by atoms with Crippen molar-refractivity contribution in [3.63, 3.8) is 0 Å². The Balaban J connectivity index is 1.99. The first-order valence-corrected chi connectivity index (χ1v) is 8.56. The van der Waals surface area contributed by atoms with Crippen LogP contribution in [-0.2, 0) is 0 Å². The summed E-state index contributed by atoms with van der Waals surface area (Å²) in [4.78, 5) is 24.6. The highest BCUT2D eigenvalue weighted by Gasteiger charge is 2.19. The summed E-state index contributed by atoms with van der Waals surface area (Å²) < 4.78 is 0. The van der Waals surface area contributed by atoms with E-state index in [1.54, 1.807) is 73.7 Å². The maximum atomic E-state index is 12.9. The van der Waals surface area contributed by atoms with Gasteiger partial charge in [-0.25, -0.2) is 4.79 Å². The van der Waals surface area contributed by atoms with Crippen molar-refractivity contribution < 1.29 is 14.7 Å². The standard InChI is InChI=1S/C22H19N3O3/c1-13-5-4-8-17(19(13)22(27)28)16-6-2-3-7-18(16)21(26)25-15-11-9-14(10-12-15)20(23)24/h2-12H,1H3,(H3,23,24)(H,25,26)(H,27,28). The Labute approximate surface area is 162 Å². The normalized spacial score (nSPS) is 10.3. The number of nitrogens with one attached hydrogen (secondary N) is 2. The van der Waals surface area contributed by atoms with E-state index >= 15 is 0 Å². The molecule has 0 unspecified atom stereocenters. The van der Waals surface area contributed by atoms with Gasteiger partial charge in [0.25, 0.3) is 5.91 Å². The molecule has 0 spiro atoms. The van der Waals surface area contributed by atoms with Crippen LogP contribution < -0.4 is 11.1 Å². The molecule has 6 nitrogen and oxygen atoms in total. The van der Waals surface area contributed by atoms with Gasteiger partial charge >= 0.3 is 5.97 Å². The van der Waals surface area contributed by atoms with E-state index in [4.69, 9.17) is 11.1 Å². The van der Waals surface area contributed by atoms with Gasteiger partial charge in [0.05, 0.1) is 5.56 Å². The molecule has 1 amide bonds. The molecule has 3 aromatic carbocycles. The van der Waals surface area contributed by atoms with E-state index in [0.717, 1.165) is 0 Å². The van der Waals surface area contributed by atoms with Crippen LogP contribution in [0.4, 0.5) is 5.69 Å². The van der Waals surface area contributed by atoms with Crippen molar-refractivity contribution in [1.29, 1.82) is 5.41 Å². The third-order valence-corrected chi connectivity index (χ3v) is 4.40. The molecule has 0 fully saturated rings. The summed E-state index contributed by atoms with van der Waals surface area (Å²) in [7, 11) is 0. The highest BCUT2D eigenvalue weighted by Crippen LogP contribution is 2.29. The number of amides is 1. The van der Waals surface area contributed by atoms with E-state index in [9.17, 15) is 14.7 Å². The number of carboxylic acid groups (broad SMARTS) is 1. The first kappa shape index (κ1) is 18.8. The maximum Gasteiger partial charge on any atom is 0.336 e. The molecule has 0 aromatic heterocycles. The van der Waals surface area contributed by atoms with E-state index in [1.807, 2.05) is 0 Å². The van der Waals surface area contributed by atoms with Crippen molar-refractivity contribution in [1.82, 2.24) is 0 Å². The largest absolute Gasteiger partial charge is 0.478 e. The Morgan fingerprint density at radius 3 is 2.21 bits per heavy atom. The van der Waals surface area contributed by atoms with E-state index in [0.29, 0.717) is 33.5 Å². The molecular weight excluding hydrogens is 354 g/mol. The Bertz CT molecular complexity index is 1070. The SMILES string of the molecule is Cc1cccc(-c2ccccc2C(=O)Nc2ccc(C(=N)N)cc2)c1C(=O)O. The third kappa shape index (κ3) is 3.76. The number of anilines is 1. The highest BCUT2D eigenvalue weighted by atomic mass is 16.4. The Morgan fingerprint density at radius 2 is 1.57 bits per heavy atom. The van der Waals surface area contributed by atoms with Crippen LogP contribution in [0.3, 0.4) is 0 Å². The van der Waals surface area contributed by atoms with Crippen LogP contribution in [0.5, 0.6) is 0 Å². The van der Waals surface area contributed by atoms with Crippen molar-refractivity contribution >= 4 is 23.4 Å². The zero-order valence-corrected chi connectivity index (χ0v) is 15.2. The molecule has 140 valence electrons. The number of carbonyl (C=O) groups excluding carboxylic acids is 1. The molecule has 0 radical (unpaired) electrons. The number of hydrogen-bond donors (Lipinski definition) is 4. The third-order valence-electron chi connectivity index (χ3n) is 4.40. The van der Waals surface area contributed by atoms with Crippen molar-refractivity contribution in [3.05, 3.63) is 89.0 Å². The van der Waals surface area contributed by atoms with Gasteiger partial charge in [0, 0.05) is 16.8 Å². The summed E-state index contributed by atoms with van der Waals surface area (Å²) in [6.45, 7) is 1.73. The van der Waals surface area contributed by atoms with Crippen LogP contribution in [-0.4, -0.2) is 22.8 Å². The van der Waals surface area contributed by atoms with Gasteiger partial charge < -0.3 is 16.2 Å². The average molecular weight is 373 g/mol. The number of aryl methyl sites for hydroxylation is 1. The van der Waals surface area contributed by atoms with E-state index in [-0.39, 0.29) is 17.3 Å². The topological polar surface area (TPSA) is 116 Å². The Morgan fingerprint density at radius 1 is 0.929 bits per heavy atom. The van der Waals surface area contributed by atoms with E-state index in [1.165, 1.54) is 0 Å². The molecule has 0 aliphatic rings. The molecule has 0 saturated heterocycles. The molecule has 0 heterocycles. The fourth-order valence-corrected chi connectivity index (χ4v) is 3.02. The second-order valence-electron chi connectivity index (χ2n) is 6.29. The number of nitrogens with two attached hydrogens (primary N) is 1. The molecule has 3 aromatic rings. The van der Waals surface area contributed by atoms with E-state index < -0.39 is 5.97 Å². The molecule has 0 aliphatic heterocycles. The van der Waals surface area contributed by atoms with Crippen LogP contribution in [0.25, 0.3) is 11.1 Å².